The summed E-state index contributed by atoms with van der Waals surface area (Å²) in [5, 5.41) is 7.48. The fourth-order valence-corrected chi connectivity index (χ4v) is 3.59. The summed E-state index contributed by atoms with van der Waals surface area (Å²) in [6.07, 6.45) is 4.20. The van der Waals surface area contributed by atoms with Crippen LogP contribution in [0, 0.1) is 0 Å². The van der Waals surface area contributed by atoms with Crippen molar-refractivity contribution in [3.8, 4) is 0 Å². The monoisotopic (exact) mass is 379 g/mol. The van der Waals surface area contributed by atoms with Gasteiger partial charge in [-0.25, -0.2) is 4.98 Å². The van der Waals surface area contributed by atoms with E-state index in [1.54, 1.807) is 6.20 Å². The van der Waals surface area contributed by atoms with E-state index in [4.69, 9.17) is 5.73 Å². The van der Waals surface area contributed by atoms with Gasteiger partial charge in [-0.3, -0.25) is 4.79 Å². The minimum absolute atomic E-state index is 0.364. The second-order valence-corrected chi connectivity index (χ2v) is 6.93. The maximum atomic E-state index is 11.7. The van der Waals surface area contributed by atoms with Crippen LogP contribution in [0.3, 0.4) is 0 Å². The smallest absolute Gasteiger partial charge is 0.240 e. The molecule has 4 rings (SSSR count). The Hall–Kier alpha value is -3.13. The van der Waals surface area contributed by atoms with E-state index < -0.39 is 6.04 Å². The van der Waals surface area contributed by atoms with Gasteiger partial charge >= 0.3 is 0 Å². The lowest BCUT2D eigenvalue weighted by Crippen LogP contribution is -2.43. The number of nitrogens with zero attached hydrogens (tertiary/aromatic N) is 4. The summed E-state index contributed by atoms with van der Waals surface area (Å²) in [5.41, 5.74) is 8.36. The first-order chi connectivity index (χ1) is 13.7. The Balaban J connectivity index is 1.55. The van der Waals surface area contributed by atoms with Crippen LogP contribution in [-0.2, 0) is 4.79 Å². The van der Waals surface area contributed by atoms with E-state index in [-0.39, 0.29) is 5.91 Å². The predicted octanol–water partition coefficient (Wildman–Crippen LogP) is 2.02. The molecule has 4 N–H and O–H groups in total. The maximum absolute atomic E-state index is 11.7. The fourth-order valence-electron chi connectivity index (χ4n) is 3.59. The molecule has 28 heavy (non-hydrogen) atoms. The van der Waals surface area contributed by atoms with Gasteiger partial charge in [-0.2, -0.15) is 4.98 Å². The molecular weight excluding hydrogens is 354 g/mol. The summed E-state index contributed by atoms with van der Waals surface area (Å²) >= 11 is 0. The highest BCUT2D eigenvalue weighted by molar-refractivity contribution is 5.83. The van der Waals surface area contributed by atoms with E-state index in [1.807, 2.05) is 35.9 Å². The van der Waals surface area contributed by atoms with Gasteiger partial charge in [0.1, 0.15) is 11.7 Å². The first-order valence-corrected chi connectivity index (χ1v) is 9.61. The van der Waals surface area contributed by atoms with Crippen molar-refractivity contribution in [2.45, 2.75) is 19.4 Å². The molecule has 8 nitrogen and oxygen atoms in total. The molecule has 1 unspecified atom stereocenters. The van der Waals surface area contributed by atoms with Crippen LogP contribution < -0.4 is 21.3 Å². The van der Waals surface area contributed by atoms with E-state index >= 15 is 0 Å². The van der Waals surface area contributed by atoms with Crippen molar-refractivity contribution in [3.63, 3.8) is 0 Å². The van der Waals surface area contributed by atoms with Crippen molar-refractivity contribution in [2.75, 3.05) is 36.4 Å². The van der Waals surface area contributed by atoms with Crippen molar-refractivity contribution >= 4 is 34.3 Å². The Labute approximate surface area is 163 Å². The summed E-state index contributed by atoms with van der Waals surface area (Å²) in [6.45, 7) is 5.99. The molecule has 0 saturated carbocycles. The number of nitrogens with one attached hydrogen (secondary N) is 2. The number of nitrogens with two attached hydrogens (primary N) is 1. The summed E-state index contributed by atoms with van der Waals surface area (Å²) in [5.74, 6) is 0.123. The van der Waals surface area contributed by atoms with Gasteiger partial charge in [0.05, 0.1) is 0 Å². The van der Waals surface area contributed by atoms with E-state index in [0.29, 0.717) is 18.0 Å². The number of hydrogen-bond acceptors (Lipinski definition) is 6. The number of fused-ring (bicyclic) bond motifs is 1. The topological polar surface area (TPSA) is 101 Å². The third-order valence-electron chi connectivity index (χ3n) is 5.11. The average molecular weight is 379 g/mol. The number of carbonyl (C=O) groups excluding carboxylic acids is 1. The van der Waals surface area contributed by atoms with Crippen LogP contribution in [0.1, 0.15) is 19.4 Å². The Morgan fingerprint density at radius 1 is 1.25 bits per heavy atom. The number of primary amides is 1. The van der Waals surface area contributed by atoms with Crippen LogP contribution in [0.25, 0.3) is 11.0 Å². The molecular formula is C20H25N7O. The number of amides is 1. The first kappa shape index (κ1) is 18.2. The van der Waals surface area contributed by atoms with Gasteiger partial charge in [0.25, 0.3) is 0 Å². The minimum atomic E-state index is -0.418. The van der Waals surface area contributed by atoms with Gasteiger partial charge in [0, 0.05) is 55.3 Å². The van der Waals surface area contributed by atoms with E-state index in [1.165, 1.54) is 5.69 Å². The van der Waals surface area contributed by atoms with Crippen molar-refractivity contribution < 1.29 is 4.79 Å². The van der Waals surface area contributed by atoms with Crippen molar-refractivity contribution in [3.05, 3.63) is 42.7 Å². The van der Waals surface area contributed by atoms with Gasteiger partial charge in [-0.15, -0.1) is 0 Å². The summed E-state index contributed by atoms with van der Waals surface area (Å²) in [7, 11) is 0. The summed E-state index contributed by atoms with van der Waals surface area (Å²) < 4.78 is 1.82. The largest absolute Gasteiger partial charge is 0.369 e. The number of piperazine rings is 1. The number of rotatable bonds is 6. The normalized spacial score (nSPS) is 15.5. The van der Waals surface area contributed by atoms with Gasteiger partial charge in [-0.05, 0) is 36.8 Å². The van der Waals surface area contributed by atoms with Crippen LogP contribution in [-0.4, -0.2) is 46.6 Å². The Bertz CT molecular complexity index is 960. The molecule has 3 heterocycles. The number of benzene rings is 1. The molecule has 1 saturated heterocycles. The lowest BCUT2D eigenvalue weighted by Gasteiger charge is -2.29. The first-order valence-electron chi connectivity index (χ1n) is 9.61. The molecule has 1 atom stereocenters. The summed E-state index contributed by atoms with van der Waals surface area (Å²) in [6, 6.07) is 9.75. The number of carbonyl (C=O) groups is 1. The molecule has 0 spiro atoms. The van der Waals surface area contributed by atoms with Crippen LogP contribution in [0.15, 0.2) is 42.7 Å². The number of hydrogen-bond donors (Lipinski definition) is 3. The van der Waals surface area contributed by atoms with E-state index in [0.717, 1.165) is 37.3 Å². The molecule has 1 aliphatic rings. The van der Waals surface area contributed by atoms with Crippen molar-refractivity contribution in [1.82, 2.24) is 19.9 Å². The second kappa shape index (κ2) is 7.85. The molecule has 0 radical (unpaired) electrons. The highest BCUT2D eigenvalue weighted by Crippen LogP contribution is 2.23. The van der Waals surface area contributed by atoms with Crippen LogP contribution in [0.5, 0.6) is 0 Å². The molecule has 0 aliphatic carbocycles. The number of anilines is 3. The number of aromatic nitrogens is 3. The lowest BCUT2D eigenvalue weighted by molar-refractivity contribution is -0.121. The molecule has 1 amide bonds. The molecule has 146 valence electrons. The Kier molecular flexibility index (Phi) is 5.12. The SMILES string of the molecule is CCC(C(N)=O)n1ccc2cnc(Nc3ccc(N4CCNCC4)cc3)nc21. The highest BCUT2D eigenvalue weighted by Gasteiger charge is 2.18. The molecule has 0 bridgehead atoms. The molecule has 2 aromatic heterocycles. The summed E-state index contributed by atoms with van der Waals surface area (Å²) in [4.78, 5) is 23.1. The van der Waals surface area contributed by atoms with Crippen LogP contribution in [0.2, 0.25) is 0 Å². The average Bonchev–Trinajstić information content (AvgIpc) is 3.13. The van der Waals surface area contributed by atoms with Gasteiger partial charge in [0.2, 0.25) is 11.9 Å². The fraction of sp³-hybridized carbons (Fsp3) is 0.350. The van der Waals surface area contributed by atoms with Crippen LogP contribution >= 0.6 is 0 Å². The van der Waals surface area contributed by atoms with Crippen LogP contribution in [0.4, 0.5) is 17.3 Å². The predicted molar refractivity (Wildman–Crippen MR) is 111 cm³/mol. The third kappa shape index (κ3) is 3.63. The second-order valence-electron chi connectivity index (χ2n) is 6.93. The zero-order valence-electron chi connectivity index (χ0n) is 15.9. The standard InChI is InChI=1S/C20H25N7O/c1-2-17(18(21)28)27-10-7-14-13-23-20(25-19(14)27)24-15-3-5-16(6-4-15)26-11-8-22-9-12-26/h3-7,10,13,17,22H,2,8-9,11-12H2,1H3,(H2,21,28)(H,23,24,25). The molecule has 3 aromatic rings. The molecule has 1 aliphatic heterocycles. The van der Waals surface area contributed by atoms with Gasteiger partial charge < -0.3 is 25.8 Å². The molecule has 1 fully saturated rings. The van der Waals surface area contributed by atoms with Gasteiger partial charge in [-0.1, -0.05) is 6.92 Å². The quantitative estimate of drug-likeness (QED) is 0.606. The third-order valence-corrected chi connectivity index (χ3v) is 5.11. The maximum Gasteiger partial charge on any atom is 0.240 e. The van der Waals surface area contributed by atoms with Gasteiger partial charge in [0.15, 0.2) is 0 Å². The van der Waals surface area contributed by atoms with E-state index in [2.05, 4.69) is 37.6 Å². The van der Waals surface area contributed by atoms with E-state index in [9.17, 15) is 4.79 Å². The molecule has 8 heteroatoms. The lowest BCUT2D eigenvalue weighted by atomic mass is 10.2. The molecule has 1 aromatic carbocycles. The Morgan fingerprint density at radius 3 is 2.68 bits per heavy atom. The minimum Gasteiger partial charge on any atom is -0.369 e. The zero-order chi connectivity index (χ0) is 19.5. The van der Waals surface area contributed by atoms with Crippen molar-refractivity contribution in [1.29, 1.82) is 0 Å². The Morgan fingerprint density at radius 2 is 2.00 bits per heavy atom. The zero-order valence-corrected chi connectivity index (χ0v) is 15.9. The van der Waals surface area contributed by atoms with Crippen molar-refractivity contribution in [2.24, 2.45) is 5.73 Å². The highest BCUT2D eigenvalue weighted by atomic mass is 16.1.